The number of hydrogen-bond acceptors (Lipinski definition) is 10. The average molecular weight is 1530 g/mol. The molecule has 12 rings (SSSR count). The molecule has 2 aliphatic rings. The second kappa shape index (κ2) is 35.1. The topological polar surface area (TPSA) is 110 Å². The van der Waals surface area contributed by atoms with Gasteiger partial charge in [0.05, 0.1) is 87.0 Å². The zero-order valence-electron chi connectivity index (χ0n) is 86.2. The molecule has 0 saturated carbocycles. The van der Waals surface area contributed by atoms with E-state index in [9.17, 15) is 58.7 Å². The number of likely N-dealkylation sites (tertiary alicyclic amines) is 2. The van der Waals surface area contributed by atoms with Gasteiger partial charge >= 0.3 is 12.4 Å². The van der Waals surface area contributed by atoms with Crippen molar-refractivity contribution in [3.05, 3.63) is 270 Å². The normalized spacial score (nSPS) is 19.8. The number of thioether (sulfide) groups is 2. The third-order valence-electron chi connectivity index (χ3n) is 16.6. The molecule has 2 amide bonds. The van der Waals surface area contributed by atoms with E-state index in [1.807, 2.05) is 0 Å². The van der Waals surface area contributed by atoms with E-state index in [0.29, 0.717) is 11.1 Å². The number of ether oxygens (including phenoxy) is 2. The van der Waals surface area contributed by atoms with E-state index in [2.05, 4.69) is 0 Å². The van der Waals surface area contributed by atoms with Gasteiger partial charge in [0.15, 0.2) is 34.1 Å². The van der Waals surface area contributed by atoms with Crippen LogP contribution in [0.4, 0.5) is 43.9 Å². The molecule has 12 nitrogen and oxygen atoms in total. The van der Waals surface area contributed by atoms with Crippen LogP contribution in [0.5, 0.6) is 0 Å². The van der Waals surface area contributed by atoms with Gasteiger partial charge in [-0.15, -0.1) is 23.5 Å². The van der Waals surface area contributed by atoms with Gasteiger partial charge < -0.3 is 38.2 Å². The molecule has 0 spiro atoms. The van der Waals surface area contributed by atoms with E-state index in [4.69, 9.17) is 41.0 Å². The molecule has 2 aromatic heterocycles. The molecule has 0 aliphatic carbocycles. The highest BCUT2D eigenvalue weighted by Crippen LogP contribution is 2.37. The highest BCUT2D eigenvalue weighted by molar-refractivity contribution is 7.98. The lowest BCUT2D eigenvalue weighted by atomic mass is 9.96. The van der Waals surface area contributed by atoms with Crippen LogP contribution >= 0.6 is 23.5 Å². The van der Waals surface area contributed by atoms with E-state index in [0.717, 1.165) is 71.5 Å². The number of alkyl halides is 6. The lowest BCUT2D eigenvalue weighted by molar-refractivity contribution is -0.138. The standard InChI is InChI=1S/2C41H40F5N3O3S/c1-27(28-10-12-29(13-11-28)30-14-16-32(17-15-30)41(44,45)46)49(33-18-20-47(21-19-33)22-23-52-2)38(51)25-48-36-9-4-3-7-34(36)37(50)24-39(48)53-26-31-6-5-8-35(42)40(31)43;1-27-6-15-36-34(22-27)37(50)23-39(53-26-31-4-3-5-35(42)40(31)43)49(36)25-38(51)48(33-16-18-47(19-17-33)20-21-52-2)24-28-7-9-29(10-8-28)30-11-13-32(14-12-30)41(44,45)46/h3-17,24,27,33H,18-23,25-26H2,1-2H3;3-15,22-23,33H,16-21,24-26H2,1-2H3/i22D2,23D2,25D2,27D;3D,4D,5D,6D,7D,8D,9D,10D,11D,12D,13D,14D,15D,20D2,21D2,22D,23D,24D2,25D2. The van der Waals surface area contributed by atoms with Crippen LogP contribution in [0.3, 0.4) is 0 Å². The number of aromatic nitrogens is 2. The van der Waals surface area contributed by atoms with Gasteiger partial charge in [0, 0.05) is 123 Å². The molecule has 1 atom stereocenters. The molecular formula is C82H80F10N6O6S2. The number of methoxy groups -OCH3 is 2. The number of carbonyl (C=O) groups excluding carboxylic acids is 2. The van der Waals surface area contributed by atoms with Crippen molar-refractivity contribution in [2.75, 3.05) is 66.5 Å². The minimum Gasteiger partial charge on any atom is -0.383 e. The SMILES string of the molecule is [2H]C(C)(c1ccc(-c2ccc(C(F)(F)F)cc2)cc1)N(C(=O)C([2H])([2H])n1c(SCc2cccc(F)c2F)cc(=O)c2ccccc21)C1CCN(C([2H])([2H])C([2H])([2H])OC)CC1.[2H]c1c([2H])c(F)c(F)c(CSc2c([2H])c(=O)c3c([2H])c(C)c([2H])c([2H])c3n2C([2H])([2H])C(=O)N(C2CCN(C([2H])([2H])C([2H])([2H])OC)CC2)C([2H])([2H])c2c([2H])c([2H])c(-c3c([2H])c([2H])c(C(F)(F)F)c([2H])c3[2H])c([2H])c2[2H])c1[2H]. The number of pyridine rings is 2. The van der Waals surface area contributed by atoms with Crippen LogP contribution in [0, 0.1) is 30.2 Å². The summed E-state index contributed by atoms with van der Waals surface area (Å²) >= 11 is 0.816. The summed E-state index contributed by atoms with van der Waals surface area (Å²) in [6, 6.07) is -3.53. The highest BCUT2D eigenvalue weighted by Gasteiger charge is 2.35. The molecule has 4 heterocycles. The second-order valence-electron chi connectivity index (χ2n) is 23.5. The predicted octanol–water partition coefficient (Wildman–Crippen LogP) is 17.7. The fraction of sp³-hybridized carbons (Fsp3) is 0.317. The zero-order chi connectivity index (χ0) is 102. The maximum Gasteiger partial charge on any atom is 0.416 e. The number of para-hydroxylation sites is 1. The van der Waals surface area contributed by atoms with E-state index in [1.165, 1.54) is 66.4 Å². The molecule has 1 unspecified atom stereocenters. The summed E-state index contributed by atoms with van der Waals surface area (Å²) in [7, 11) is 1.88. The number of halogens is 10. The van der Waals surface area contributed by atoms with Crippen molar-refractivity contribution in [2.24, 2.45) is 0 Å². The summed E-state index contributed by atoms with van der Waals surface area (Å²) < 4.78 is 413. The first-order valence-electron chi connectivity index (χ1n) is 47.0. The van der Waals surface area contributed by atoms with Gasteiger partial charge in [0.2, 0.25) is 11.8 Å². The summed E-state index contributed by atoms with van der Waals surface area (Å²) in [5, 5.41) is -2.11. The Balaban J connectivity index is 0.000000268. The third-order valence-corrected chi connectivity index (χ3v) is 18.7. The average Bonchev–Trinajstić information content (AvgIpc) is 0.708. The number of rotatable bonds is 24. The van der Waals surface area contributed by atoms with Gasteiger partial charge in [0.1, 0.15) is 13.0 Å². The Labute approximate surface area is 658 Å². The number of piperidine rings is 2. The van der Waals surface area contributed by atoms with Crippen molar-refractivity contribution in [3.63, 3.8) is 0 Å². The van der Waals surface area contributed by atoms with Crippen molar-refractivity contribution in [1.29, 1.82) is 0 Å². The van der Waals surface area contributed by atoms with E-state index in [-0.39, 0.29) is 85.5 Å². The molecule has 106 heavy (non-hydrogen) atoms. The molecule has 556 valence electrons. The van der Waals surface area contributed by atoms with Gasteiger partial charge in [-0.1, -0.05) is 121 Å². The van der Waals surface area contributed by atoms with Crippen molar-refractivity contribution in [1.82, 2.24) is 28.7 Å². The quantitative estimate of drug-likeness (QED) is 0.0428. The lowest BCUT2D eigenvalue weighted by Gasteiger charge is -2.42. The molecule has 8 aromatic carbocycles. The van der Waals surface area contributed by atoms with Crippen LogP contribution in [-0.2, 0) is 62.4 Å². The highest BCUT2D eigenvalue weighted by atomic mass is 32.2. The van der Waals surface area contributed by atoms with Crippen molar-refractivity contribution >= 4 is 57.1 Å². The first-order chi connectivity index (χ1) is 62.7. The van der Waals surface area contributed by atoms with Crippen LogP contribution in [0.25, 0.3) is 44.1 Å². The summed E-state index contributed by atoms with van der Waals surface area (Å²) in [4.78, 5) is 61.3. The number of carbonyl (C=O) groups is 2. The fourth-order valence-corrected chi connectivity index (χ4v) is 13.2. The molecule has 0 radical (unpaired) electrons. The Morgan fingerprint density at radius 2 is 1.13 bits per heavy atom. The molecular weight excluding hydrogens is 1420 g/mol. The number of fused-ring (bicyclic) bond motifs is 2. The lowest BCUT2D eigenvalue weighted by Crippen LogP contribution is -2.49. The van der Waals surface area contributed by atoms with Crippen LogP contribution in [0.15, 0.2) is 207 Å². The Morgan fingerprint density at radius 1 is 0.575 bits per heavy atom. The first-order valence-corrected chi connectivity index (χ1v) is 34.0. The Kier molecular flexibility index (Phi) is 15.8. The largest absolute Gasteiger partial charge is 0.416 e. The van der Waals surface area contributed by atoms with E-state index >= 15 is 14.0 Å². The molecule has 2 fully saturated rings. The van der Waals surface area contributed by atoms with Crippen molar-refractivity contribution in [3.8, 4) is 22.3 Å². The van der Waals surface area contributed by atoms with Gasteiger partial charge in [0.25, 0.3) is 0 Å². The van der Waals surface area contributed by atoms with Gasteiger partial charge in [-0.3, -0.25) is 19.2 Å². The Morgan fingerprint density at radius 3 is 1.75 bits per heavy atom. The molecule has 24 heteroatoms. The van der Waals surface area contributed by atoms with E-state index < -0.39 is 294 Å². The van der Waals surface area contributed by atoms with E-state index in [1.54, 1.807) is 18.2 Å². The van der Waals surface area contributed by atoms with Crippen molar-refractivity contribution < 1.29 is 104 Å². The number of hydrogen-bond donors (Lipinski definition) is 0. The smallest absolute Gasteiger partial charge is 0.383 e. The molecule has 0 bridgehead atoms. The monoisotopic (exact) mass is 1530 g/mol. The van der Waals surface area contributed by atoms with Gasteiger partial charge in [-0.05, 0) is 133 Å². The predicted molar refractivity (Wildman–Crippen MR) is 395 cm³/mol. The maximum atomic E-state index is 15.6. The Bertz CT molecular complexity index is 6440. The molecule has 2 saturated heterocycles. The first kappa shape index (κ1) is 47.6. The fourth-order valence-electron chi connectivity index (χ4n) is 11.3. The molecule has 10 aromatic rings. The third kappa shape index (κ3) is 19.2. The zero-order valence-corrected chi connectivity index (χ0v) is 57.8. The van der Waals surface area contributed by atoms with Crippen molar-refractivity contribution in [2.45, 2.75) is 111 Å². The minimum atomic E-state index is -5.47. The molecule has 0 N–H and O–H groups in total. The van der Waals surface area contributed by atoms with Gasteiger partial charge in [-0.25, -0.2) is 17.6 Å². The summed E-state index contributed by atoms with van der Waals surface area (Å²) in [6.45, 7) is -21.5. The summed E-state index contributed by atoms with van der Waals surface area (Å²) in [5.41, 5.74) is -10.1. The Hall–Kier alpha value is -9.04. The van der Waals surface area contributed by atoms with Crippen LogP contribution in [0.2, 0.25) is 0 Å². The van der Waals surface area contributed by atoms with Crippen LogP contribution in [-0.4, -0.2) is 119 Å². The van der Waals surface area contributed by atoms with Crippen LogP contribution in [0.1, 0.15) is 119 Å². The molecule has 2 aliphatic heterocycles. The number of nitrogens with zero attached hydrogens (tertiary/aromatic N) is 6. The second-order valence-corrected chi connectivity index (χ2v) is 25.4. The van der Waals surface area contributed by atoms with Crippen LogP contribution < -0.4 is 10.9 Å². The summed E-state index contributed by atoms with van der Waals surface area (Å²) in [5.74, 6) is -10.8. The maximum absolute atomic E-state index is 15.6. The number of benzene rings is 8. The minimum absolute atomic E-state index is 0.00269. The van der Waals surface area contributed by atoms with Gasteiger partial charge in [-0.2, -0.15) is 26.3 Å². The summed E-state index contributed by atoms with van der Waals surface area (Å²) in [6.07, 6.45) is -11.4. The number of amides is 2.